The van der Waals surface area contributed by atoms with Gasteiger partial charge in [0.05, 0.1) is 17.3 Å². The number of hydrogen-bond acceptors (Lipinski definition) is 6. The molecular weight excluding hydrogens is 600 g/mol. The third kappa shape index (κ3) is 10.6. The minimum atomic E-state index is -4.70. The van der Waals surface area contributed by atoms with Gasteiger partial charge in [-0.1, -0.05) is 48.5 Å². The van der Waals surface area contributed by atoms with E-state index in [1.54, 1.807) is 54.6 Å². The number of hydrogen-bond donors (Lipinski definition) is 4. The number of benzene rings is 2. The maximum absolute atomic E-state index is 13.6. The summed E-state index contributed by atoms with van der Waals surface area (Å²) in [5, 5.41) is 5.03. The van der Waals surface area contributed by atoms with E-state index in [2.05, 4.69) is 20.3 Å². The molecule has 15 heteroatoms. The standard InChI is InChI=1S/C28H31F6N5O3S/c29-27(30,31)13-6-10-18(19(12-14-28(32,33)34)25(41)39-43-16-15-35)24(40)38-23-26(42)36-21-11-5-4-9-20(21)22(37-23)17-7-2-1-3-8-17/h1-5,7-9,11,18-19,23H,6,10,12-16,35H2,(H,36,42)(H,38,40)(H,39,41). The summed E-state index contributed by atoms with van der Waals surface area (Å²) in [5.74, 6) is -5.88. The number of anilines is 1. The molecule has 43 heavy (non-hydrogen) atoms. The van der Waals surface area contributed by atoms with Crippen LogP contribution in [0.15, 0.2) is 59.6 Å². The predicted octanol–water partition coefficient (Wildman–Crippen LogP) is 4.95. The largest absolute Gasteiger partial charge is 0.389 e. The molecule has 0 radical (unpaired) electrons. The van der Waals surface area contributed by atoms with E-state index in [1.807, 2.05) is 0 Å². The zero-order valence-electron chi connectivity index (χ0n) is 22.8. The molecule has 0 fully saturated rings. The van der Waals surface area contributed by atoms with Crippen LogP contribution in [0.1, 0.15) is 43.2 Å². The monoisotopic (exact) mass is 631 g/mol. The molecule has 1 aliphatic heterocycles. The number of carbonyl (C=O) groups excluding carboxylic acids is 3. The number of benzodiazepines with no additional fused rings is 1. The van der Waals surface area contributed by atoms with Crippen molar-refractivity contribution in [3.05, 3.63) is 65.7 Å². The van der Waals surface area contributed by atoms with Crippen molar-refractivity contribution in [3.8, 4) is 0 Å². The van der Waals surface area contributed by atoms with Crippen LogP contribution in [0.3, 0.4) is 0 Å². The van der Waals surface area contributed by atoms with Crippen LogP contribution in [0, 0.1) is 11.8 Å². The van der Waals surface area contributed by atoms with E-state index < -0.39 is 80.2 Å². The van der Waals surface area contributed by atoms with Gasteiger partial charge in [-0.2, -0.15) is 26.3 Å². The van der Waals surface area contributed by atoms with Crippen LogP contribution in [0.25, 0.3) is 0 Å². The SMILES string of the molecule is NCCSNC(=O)C(CCC(F)(F)F)C(CCCC(F)(F)F)C(=O)NC1N=C(c2ccccc2)c2ccccc2NC1=O. The number of aliphatic imine (C=N–C) groups is 1. The van der Waals surface area contributed by atoms with Crippen LogP contribution in [-0.4, -0.2) is 54.2 Å². The molecule has 3 amide bonds. The fourth-order valence-electron chi connectivity index (χ4n) is 4.55. The molecule has 0 spiro atoms. The minimum Gasteiger partial charge on any atom is -0.330 e. The first-order valence-electron chi connectivity index (χ1n) is 13.4. The van der Waals surface area contributed by atoms with Gasteiger partial charge < -0.3 is 16.4 Å². The fourth-order valence-corrected chi connectivity index (χ4v) is 5.06. The minimum absolute atomic E-state index is 0.134. The zero-order chi connectivity index (χ0) is 31.6. The Kier molecular flexibility index (Phi) is 12.0. The number of halogens is 6. The summed E-state index contributed by atoms with van der Waals surface area (Å²) < 4.78 is 80.8. The number of nitrogens with two attached hydrogens (primary N) is 1. The number of amides is 3. The lowest BCUT2D eigenvalue weighted by Crippen LogP contribution is -2.48. The highest BCUT2D eigenvalue weighted by Crippen LogP contribution is 2.33. The molecule has 2 aromatic carbocycles. The van der Waals surface area contributed by atoms with Gasteiger partial charge in [-0.25, -0.2) is 4.99 Å². The van der Waals surface area contributed by atoms with E-state index in [0.717, 1.165) is 11.9 Å². The van der Waals surface area contributed by atoms with Crippen molar-refractivity contribution in [2.24, 2.45) is 22.6 Å². The lowest BCUT2D eigenvalue weighted by molar-refractivity contribution is -0.147. The fraction of sp³-hybridized carbons (Fsp3) is 0.429. The molecule has 5 N–H and O–H groups in total. The Morgan fingerprint density at radius 1 is 0.907 bits per heavy atom. The van der Waals surface area contributed by atoms with E-state index in [0.29, 0.717) is 22.5 Å². The quantitative estimate of drug-likeness (QED) is 0.142. The van der Waals surface area contributed by atoms with Crippen molar-refractivity contribution in [2.45, 2.75) is 50.6 Å². The molecule has 1 aliphatic rings. The highest BCUT2D eigenvalue weighted by Gasteiger charge is 2.40. The molecule has 2 aromatic rings. The number of rotatable bonds is 13. The van der Waals surface area contributed by atoms with Crippen LogP contribution >= 0.6 is 11.9 Å². The molecule has 0 saturated heterocycles. The van der Waals surface area contributed by atoms with E-state index in [4.69, 9.17) is 5.73 Å². The molecule has 0 bridgehead atoms. The highest BCUT2D eigenvalue weighted by molar-refractivity contribution is 7.97. The van der Waals surface area contributed by atoms with Gasteiger partial charge in [0, 0.05) is 42.2 Å². The van der Waals surface area contributed by atoms with Crippen molar-refractivity contribution in [2.75, 3.05) is 17.6 Å². The molecule has 0 aromatic heterocycles. The Labute approximate surface area is 248 Å². The summed E-state index contributed by atoms with van der Waals surface area (Å²) in [7, 11) is 0. The second-order valence-electron chi connectivity index (χ2n) is 9.77. The van der Waals surface area contributed by atoms with Crippen molar-refractivity contribution in [1.82, 2.24) is 10.0 Å². The Bertz CT molecular complexity index is 1290. The van der Waals surface area contributed by atoms with Gasteiger partial charge >= 0.3 is 12.4 Å². The smallest absolute Gasteiger partial charge is 0.330 e. The molecular formula is C28H31F6N5O3S. The van der Waals surface area contributed by atoms with Gasteiger partial charge in [0.25, 0.3) is 5.91 Å². The van der Waals surface area contributed by atoms with Crippen LogP contribution in [0.5, 0.6) is 0 Å². The normalized spacial score (nSPS) is 16.7. The first-order valence-corrected chi connectivity index (χ1v) is 14.4. The van der Waals surface area contributed by atoms with E-state index >= 15 is 0 Å². The highest BCUT2D eigenvalue weighted by atomic mass is 32.2. The van der Waals surface area contributed by atoms with Crippen LogP contribution in [-0.2, 0) is 14.4 Å². The zero-order valence-corrected chi connectivity index (χ0v) is 23.6. The van der Waals surface area contributed by atoms with Gasteiger partial charge in [0.2, 0.25) is 18.0 Å². The van der Waals surface area contributed by atoms with E-state index in [1.165, 1.54) is 0 Å². The summed E-state index contributed by atoms with van der Waals surface area (Å²) >= 11 is 0.806. The number of para-hydroxylation sites is 1. The van der Waals surface area contributed by atoms with Gasteiger partial charge in [-0.05, 0) is 37.3 Å². The molecule has 1 heterocycles. The molecule has 0 aliphatic carbocycles. The summed E-state index contributed by atoms with van der Waals surface area (Å²) in [6, 6.07) is 15.4. The van der Waals surface area contributed by atoms with Crippen molar-refractivity contribution < 1.29 is 40.7 Å². The third-order valence-corrected chi connectivity index (χ3v) is 7.32. The first-order chi connectivity index (χ1) is 20.3. The number of fused-ring (bicyclic) bond motifs is 1. The lowest BCUT2D eigenvalue weighted by atomic mass is 9.83. The van der Waals surface area contributed by atoms with E-state index in [9.17, 15) is 40.7 Å². The van der Waals surface area contributed by atoms with Gasteiger partial charge in [0.1, 0.15) is 0 Å². The summed E-state index contributed by atoms with van der Waals surface area (Å²) in [5.41, 5.74) is 7.21. The van der Waals surface area contributed by atoms with Gasteiger partial charge in [0.15, 0.2) is 0 Å². The van der Waals surface area contributed by atoms with E-state index in [-0.39, 0.29) is 12.3 Å². The lowest BCUT2D eigenvalue weighted by Gasteiger charge is -2.27. The maximum Gasteiger partial charge on any atom is 0.389 e. The topological polar surface area (TPSA) is 126 Å². The van der Waals surface area contributed by atoms with Gasteiger partial charge in [-0.3, -0.25) is 19.1 Å². The number of carbonyl (C=O) groups is 3. The third-order valence-electron chi connectivity index (χ3n) is 6.54. The molecule has 3 rings (SSSR count). The predicted molar refractivity (Wildman–Crippen MR) is 151 cm³/mol. The summed E-state index contributed by atoms with van der Waals surface area (Å²) in [6.45, 7) is 0.134. The van der Waals surface area contributed by atoms with Crippen LogP contribution in [0.2, 0.25) is 0 Å². The molecule has 8 nitrogen and oxygen atoms in total. The van der Waals surface area contributed by atoms with Crippen molar-refractivity contribution >= 4 is 41.1 Å². The van der Waals surface area contributed by atoms with Crippen LogP contribution in [0.4, 0.5) is 32.0 Å². The van der Waals surface area contributed by atoms with Crippen molar-refractivity contribution in [3.63, 3.8) is 0 Å². The summed E-state index contributed by atoms with van der Waals surface area (Å²) in [6.07, 6.45) is -15.7. The number of nitrogens with zero attached hydrogens (tertiary/aromatic N) is 1. The van der Waals surface area contributed by atoms with Crippen molar-refractivity contribution in [1.29, 1.82) is 0 Å². The molecule has 3 atom stereocenters. The Morgan fingerprint density at radius 2 is 1.53 bits per heavy atom. The molecule has 3 unspecified atom stereocenters. The Morgan fingerprint density at radius 3 is 2.19 bits per heavy atom. The number of alkyl halides is 6. The first kappa shape index (κ1) is 33.9. The maximum atomic E-state index is 13.6. The van der Waals surface area contributed by atoms with Gasteiger partial charge in [-0.15, -0.1) is 0 Å². The Hall–Kier alpha value is -3.59. The second-order valence-corrected chi connectivity index (χ2v) is 10.7. The molecule has 234 valence electrons. The summed E-state index contributed by atoms with van der Waals surface area (Å²) in [4.78, 5) is 44.2. The van der Waals surface area contributed by atoms with Crippen LogP contribution < -0.4 is 21.1 Å². The second kappa shape index (κ2) is 15.2. The average Bonchev–Trinajstić information content (AvgIpc) is 3.07. The Balaban J connectivity index is 1.97. The molecule has 0 saturated carbocycles. The number of nitrogens with one attached hydrogen (secondary N) is 3. The average molecular weight is 632 g/mol.